The summed E-state index contributed by atoms with van der Waals surface area (Å²) in [5.74, 6) is 0.744. The smallest absolute Gasteiger partial charge is 0.254 e. The summed E-state index contributed by atoms with van der Waals surface area (Å²) < 4.78 is 30.0. The molecular weight excluding hydrogens is 352 g/mol. The first-order chi connectivity index (χ1) is 12.5. The maximum absolute atomic E-state index is 13.2. The van der Waals surface area contributed by atoms with E-state index in [0.29, 0.717) is 24.4 Å². The zero-order valence-corrected chi connectivity index (χ0v) is 15.5. The van der Waals surface area contributed by atoms with Crippen molar-refractivity contribution in [3.8, 4) is 5.75 Å². The van der Waals surface area contributed by atoms with Crippen LogP contribution in [-0.2, 0) is 14.6 Å². The zero-order valence-electron chi connectivity index (χ0n) is 14.7. The van der Waals surface area contributed by atoms with Crippen LogP contribution in [0.5, 0.6) is 5.75 Å². The lowest BCUT2D eigenvalue weighted by atomic mass is 10.0. The highest BCUT2D eigenvalue weighted by Gasteiger charge is 2.47. The number of carbonyl (C=O) groups is 1. The van der Waals surface area contributed by atoms with Crippen molar-refractivity contribution in [2.24, 2.45) is 0 Å². The summed E-state index contributed by atoms with van der Waals surface area (Å²) in [7, 11) is -3.12. The van der Waals surface area contributed by atoms with Crippen LogP contribution in [0.1, 0.15) is 12.5 Å². The predicted molar refractivity (Wildman–Crippen MR) is 99.4 cm³/mol. The van der Waals surface area contributed by atoms with Crippen molar-refractivity contribution in [1.82, 2.24) is 9.80 Å². The minimum atomic E-state index is -3.12. The number of fused-ring (bicyclic) bond motifs is 2. The molecule has 2 saturated heterocycles. The highest BCUT2D eigenvalue weighted by molar-refractivity contribution is 7.91. The Morgan fingerprint density at radius 3 is 2.77 bits per heavy atom. The van der Waals surface area contributed by atoms with Crippen molar-refractivity contribution in [3.63, 3.8) is 0 Å². The van der Waals surface area contributed by atoms with Crippen LogP contribution in [0.15, 0.2) is 42.2 Å². The molecule has 6 nitrogen and oxygen atoms in total. The lowest BCUT2D eigenvalue weighted by molar-refractivity contribution is -0.132. The van der Waals surface area contributed by atoms with Gasteiger partial charge in [-0.1, -0.05) is 25.1 Å². The molecule has 26 heavy (non-hydrogen) atoms. The van der Waals surface area contributed by atoms with E-state index >= 15 is 0 Å². The predicted octanol–water partition coefficient (Wildman–Crippen LogP) is 1.31. The molecule has 3 aliphatic heterocycles. The van der Waals surface area contributed by atoms with E-state index in [9.17, 15) is 13.2 Å². The normalized spacial score (nSPS) is 27.1. The van der Waals surface area contributed by atoms with E-state index in [4.69, 9.17) is 4.74 Å². The molecule has 4 rings (SSSR count). The molecule has 0 aromatic heterocycles. The second-order valence-electron chi connectivity index (χ2n) is 6.90. The minimum absolute atomic E-state index is 0.0456. The Morgan fingerprint density at radius 1 is 1.19 bits per heavy atom. The van der Waals surface area contributed by atoms with Crippen molar-refractivity contribution < 1.29 is 17.9 Å². The summed E-state index contributed by atoms with van der Waals surface area (Å²) in [5, 5.41) is 0. The number of carbonyl (C=O) groups excluding carboxylic acids is 1. The average molecular weight is 374 g/mol. The summed E-state index contributed by atoms with van der Waals surface area (Å²) in [4.78, 5) is 17.1. The van der Waals surface area contributed by atoms with Gasteiger partial charge in [0.05, 0.1) is 23.8 Å². The number of para-hydroxylation sites is 1. The van der Waals surface area contributed by atoms with Crippen LogP contribution in [0.4, 0.5) is 0 Å². The number of ether oxygens (including phenoxy) is 1. The fraction of sp³-hybridized carbons (Fsp3) is 0.421. The molecular formula is C19H22N2O4S. The maximum atomic E-state index is 13.2. The largest absolute Gasteiger partial charge is 0.464 e. The molecule has 7 heteroatoms. The molecule has 2 atom stereocenters. The summed E-state index contributed by atoms with van der Waals surface area (Å²) in [5.41, 5.74) is 1.35. The van der Waals surface area contributed by atoms with Gasteiger partial charge in [0.2, 0.25) is 0 Å². The van der Waals surface area contributed by atoms with Gasteiger partial charge in [-0.2, -0.15) is 0 Å². The Balaban J connectivity index is 1.65. The average Bonchev–Trinajstić information content (AvgIpc) is 2.81. The van der Waals surface area contributed by atoms with Gasteiger partial charge in [-0.3, -0.25) is 9.69 Å². The van der Waals surface area contributed by atoms with Crippen molar-refractivity contribution in [2.45, 2.75) is 19.0 Å². The summed E-state index contributed by atoms with van der Waals surface area (Å²) in [6.07, 6.45) is 4.99. The molecule has 0 radical (unpaired) electrons. The number of amides is 1. The first-order valence-electron chi connectivity index (χ1n) is 8.88. The SMILES string of the molecule is CCN1CCN(C(=O)C2=Cc3ccccc3OC=C2)[C@H]2CS(=O)(=O)C[C@H]21. The number of hydrogen-bond donors (Lipinski definition) is 0. The Kier molecular flexibility index (Phi) is 4.36. The van der Waals surface area contributed by atoms with Crippen LogP contribution in [0.2, 0.25) is 0 Å². The Hall–Kier alpha value is -2.12. The molecule has 2 fully saturated rings. The lowest BCUT2D eigenvalue weighted by Crippen LogP contribution is -2.60. The Bertz CT molecular complexity index is 891. The minimum Gasteiger partial charge on any atom is -0.464 e. The second-order valence-corrected chi connectivity index (χ2v) is 9.05. The highest BCUT2D eigenvalue weighted by atomic mass is 32.2. The zero-order chi connectivity index (χ0) is 18.3. The molecule has 0 aliphatic carbocycles. The topological polar surface area (TPSA) is 66.9 Å². The molecule has 0 bridgehead atoms. The van der Waals surface area contributed by atoms with Gasteiger partial charge in [-0.15, -0.1) is 0 Å². The van der Waals surface area contributed by atoms with Crippen molar-refractivity contribution in [3.05, 3.63) is 47.7 Å². The third-order valence-electron chi connectivity index (χ3n) is 5.38. The monoisotopic (exact) mass is 374 g/mol. The molecule has 0 saturated carbocycles. The number of rotatable bonds is 2. The second kappa shape index (κ2) is 6.55. The van der Waals surface area contributed by atoms with E-state index in [0.717, 1.165) is 12.1 Å². The van der Waals surface area contributed by atoms with Gasteiger partial charge in [-0.05, 0) is 24.8 Å². The lowest BCUT2D eigenvalue weighted by Gasteiger charge is -2.43. The molecule has 1 aromatic rings. The number of likely N-dealkylation sites (N-methyl/N-ethyl adjacent to an activating group) is 1. The Labute approximate surface area is 153 Å². The molecule has 1 aromatic carbocycles. The van der Waals surface area contributed by atoms with E-state index in [-0.39, 0.29) is 29.5 Å². The van der Waals surface area contributed by atoms with Gasteiger partial charge >= 0.3 is 0 Å². The van der Waals surface area contributed by atoms with Crippen LogP contribution >= 0.6 is 0 Å². The van der Waals surface area contributed by atoms with E-state index < -0.39 is 9.84 Å². The van der Waals surface area contributed by atoms with Crippen LogP contribution in [0.3, 0.4) is 0 Å². The van der Waals surface area contributed by atoms with Crippen molar-refractivity contribution >= 4 is 21.8 Å². The number of hydrogen-bond acceptors (Lipinski definition) is 5. The summed E-state index contributed by atoms with van der Waals surface area (Å²) in [6, 6.07) is 7.13. The maximum Gasteiger partial charge on any atom is 0.254 e. The third kappa shape index (κ3) is 3.05. The molecule has 0 unspecified atom stereocenters. The van der Waals surface area contributed by atoms with Gasteiger partial charge in [-0.25, -0.2) is 8.42 Å². The summed E-state index contributed by atoms with van der Waals surface area (Å²) in [6.45, 7) is 4.06. The number of sulfone groups is 1. The number of nitrogens with zero attached hydrogens (tertiary/aromatic N) is 2. The van der Waals surface area contributed by atoms with Gasteiger partial charge in [0.15, 0.2) is 9.84 Å². The van der Waals surface area contributed by atoms with Crippen molar-refractivity contribution in [2.75, 3.05) is 31.1 Å². The van der Waals surface area contributed by atoms with Crippen LogP contribution in [0.25, 0.3) is 6.08 Å². The molecule has 3 aliphatic rings. The Morgan fingerprint density at radius 2 is 1.96 bits per heavy atom. The molecule has 1 amide bonds. The van der Waals surface area contributed by atoms with E-state index in [1.165, 1.54) is 6.26 Å². The number of benzene rings is 1. The fourth-order valence-corrected chi connectivity index (χ4v) is 6.08. The first kappa shape index (κ1) is 17.3. The van der Waals surface area contributed by atoms with E-state index in [2.05, 4.69) is 4.90 Å². The molecule has 0 spiro atoms. The van der Waals surface area contributed by atoms with Gasteiger partial charge in [0, 0.05) is 30.3 Å². The molecule has 138 valence electrons. The van der Waals surface area contributed by atoms with Gasteiger partial charge < -0.3 is 9.64 Å². The number of piperazine rings is 1. The van der Waals surface area contributed by atoms with Gasteiger partial charge in [0.25, 0.3) is 5.91 Å². The van der Waals surface area contributed by atoms with Crippen LogP contribution < -0.4 is 4.74 Å². The standard InChI is InChI=1S/C19H22N2O4S/c1-2-20-8-9-21(17-13-26(23,24)12-16(17)20)19(22)15-7-10-25-18-6-4-3-5-14(18)11-15/h3-7,10-11,16-17H,2,8-9,12-13H2,1H3/t16-,17+/m1/s1. The van der Waals surface area contributed by atoms with E-state index in [1.807, 2.05) is 37.3 Å². The van der Waals surface area contributed by atoms with E-state index in [1.54, 1.807) is 11.0 Å². The van der Waals surface area contributed by atoms with Crippen LogP contribution in [-0.4, -0.2) is 67.3 Å². The third-order valence-corrected chi connectivity index (χ3v) is 7.08. The quantitative estimate of drug-likeness (QED) is 0.781. The van der Waals surface area contributed by atoms with Gasteiger partial charge in [0.1, 0.15) is 5.75 Å². The fourth-order valence-electron chi connectivity index (χ4n) is 4.07. The molecule has 3 heterocycles. The van der Waals surface area contributed by atoms with Crippen molar-refractivity contribution in [1.29, 1.82) is 0 Å². The summed E-state index contributed by atoms with van der Waals surface area (Å²) >= 11 is 0. The first-order valence-corrected chi connectivity index (χ1v) is 10.7. The highest BCUT2D eigenvalue weighted by Crippen LogP contribution is 2.30. The molecule has 0 N–H and O–H groups in total. The van der Waals surface area contributed by atoms with Crippen LogP contribution in [0, 0.1) is 0 Å².